The van der Waals surface area contributed by atoms with Crippen molar-refractivity contribution < 1.29 is 82.8 Å². The topological polar surface area (TPSA) is 220 Å². The minimum absolute atomic E-state index is 0. The van der Waals surface area contributed by atoms with Gasteiger partial charge in [0.25, 0.3) is 10.0 Å². The van der Waals surface area contributed by atoms with Crippen molar-refractivity contribution in [2.45, 2.75) is 119 Å². The van der Waals surface area contributed by atoms with Crippen LogP contribution in [-0.4, -0.2) is 89.8 Å². The van der Waals surface area contributed by atoms with Crippen molar-refractivity contribution in [1.29, 1.82) is 0 Å². The molecule has 0 bridgehead atoms. The molecular weight excluding hydrogens is 707 g/mol. The maximum Gasteiger partial charge on any atom is 1.00 e. The molecule has 1 aliphatic heterocycles. The van der Waals surface area contributed by atoms with Crippen LogP contribution in [0.15, 0.2) is 9.92 Å². The first-order chi connectivity index (χ1) is 22.1. The number of ether oxygens (including phenoxy) is 2. The number of fused-ring (bicyclic) bond motifs is 1. The summed E-state index contributed by atoms with van der Waals surface area (Å²) < 4.78 is 109. The van der Waals surface area contributed by atoms with E-state index in [2.05, 4.69) is 23.7 Å². The third-order valence-electron chi connectivity index (χ3n) is 7.05. The van der Waals surface area contributed by atoms with Crippen molar-refractivity contribution in [1.82, 2.24) is 19.2 Å². The van der Waals surface area contributed by atoms with Gasteiger partial charge in [0.05, 0.1) is 25.3 Å². The molecule has 2 heterocycles. The van der Waals surface area contributed by atoms with Gasteiger partial charge in [0, 0.05) is 26.6 Å². The van der Waals surface area contributed by atoms with Gasteiger partial charge in [0.2, 0.25) is 10.0 Å². The number of aryl methyl sites for hydroxylation is 1. The number of carbonyl (C=O) groups is 2. The number of sulfonamides is 2. The van der Waals surface area contributed by atoms with E-state index in [1.54, 1.807) is 0 Å². The smallest absolute Gasteiger partial charge is 0.747 e. The van der Waals surface area contributed by atoms with Crippen molar-refractivity contribution in [3.05, 3.63) is 5.69 Å². The Balaban J connectivity index is 0.000000959. The summed E-state index contributed by atoms with van der Waals surface area (Å²) in [5.74, 6) is -2.03. The number of aromatic nitrogens is 2. The Hall–Kier alpha value is -1.19. The molecule has 0 fully saturated rings. The first-order valence-electron chi connectivity index (χ1n) is 16.0. The van der Waals surface area contributed by atoms with E-state index < -0.39 is 72.0 Å². The van der Waals surface area contributed by atoms with Crippen molar-refractivity contribution in [2.24, 2.45) is 7.05 Å². The van der Waals surface area contributed by atoms with Crippen LogP contribution in [0.5, 0.6) is 0 Å². The van der Waals surface area contributed by atoms with Gasteiger partial charge in [-0.25, -0.2) is 39.1 Å². The van der Waals surface area contributed by atoms with Crippen LogP contribution in [0.25, 0.3) is 0 Å². The second kappa shape index (κ2) is 24.1. The van der Waals surface area contributed by atoms with Crippen molar-refractivity contribution in [3.8, 4) is 0 Å². The molecular formula is C28H50FN4NaO11S3. The van der Waals surface area contributed by atoms with Crippen LogP contribution in [0.3, 0.4) is 0 Å². The number of unbranched alkanes of at least 4 members (excludes halogenated alkanes) is 10. The second-order valence-electron chi connectivity index (χ2n) is 11.0. The fraction of sp³-hybridized carbons (Fsp3) is 0.821. The summed E-state index contributed by atoms with van der Waals surface area (Å²) in [6.45, 7) is 3.31. The van der Waals surface area contributed by atoms with Crippen molar-refractivity contribution in [3.63, 3.8) is 0 Å². The zero-order valence-electron chi connectivity index (χ0n) is 28.5. The molecule has 0 aliphatic carbocycles. The van der Waals surface area contributed by atoms with Gasteiger partial charge in [-0.15, -0.1) is 0 Å². The van der Waals surface area contributed by atoms with Crippen LogP contribution in [0.4, 0.5) is 4.39 Å². The average Bonchev–Trinajstić information content (AvgIpc) is 3.36. The zero-order chi connectivity index (χ0) is 35.5. The molecule has 0 aromatic carbocycles. The monoisotopic (exact) mass is 756 g/mol. The Bertz CT molecular complexity index is 1440. The van der Waals surface area contributed by atoms with Gasteiger partial charge in [-0.05, 0) is 12.8 Å². The molecule has 0 radical (unpaired) electrons. The first kappa shape index (κ1) is 46.8. The Labute approximate surface area is 307 Å². The summed E-state index contributed by atoms with van der Waals surface area (Å²) >= 11 is 0. The van der Waals surface area contributed by atoms with Gasteiger partial charge in [-0.1, -0.05) is 78.1 Å². The maximum absolute atomic E-state index is 12.1. The number of hydrogen-bond donors (Lipinski definition) is 2. The number of halogens is 1. The predicted molar refractivity (Wildman–Crippen MR) is 170 cm³/mol. The number of hydrogen-bond acceptors (Lipinski definition) is 12. The summed E-state index contributed by atoms with van der Waals surface area (Å²) in [6, 6.07) is 0. The van der Waals surface area contributed by atoms with E-state index in [1.165, 1.54) is 13.5 Å². The van der Waals surface area contributed by atoms with E-state index in [-0.39, 0.29) is 59.9 Å². The number of esters is 2. The van der Waals surface area contributed by atoms with Gasteiger partial charge < -0.3 is 14.0 Å². The molecule has 1 aliphatic rings. The first-order valence-corrected chi connectivity index (χ1v) is 20.4. The molecule has 48 heavy (non-hydrogen) atoms. The number of carbonyl (C=O) groups excluding carboxylic acids is 2. The summed E-state index contributed by atoms with van der Waals surface area (Å²) in [4.78, 5) is 23.4. The molecule has 0 amide bonds. The Kier molecular flexibility index (Phi) is 23.5. The molecule has 1 unspecified atom stereocenters. The van der Waals surface area contributed by atoms with Crippen LogP contribution in [0.1, 0.15) is 103 Å². The standard InChI is InChI=1S/C20H38O7S.C8H13FN4O4S2.Na/c1-3-5-7-9-11-13-15-26-19(21)17-18(28(23,24)25)20(22)27-16-14-12-10-8-6-4-2;1-13-8(19(16,17)11-5-3-9)7-6(12-13)2-4-10-18(7,14)15;/h18H,3-17H2,1-2H3,(H,23,24,25);10-11H,2-5H2,1H3;/q;;+1/p-1. The molecule has 1 aromatic rings. The fourth-order valence-corrected chi connectivity index (χ4v) is 8.48. The summed E-state index contributed by atoms with van der Waals surface area (Å²) in [5, 5.41) is 1.40. The van der Waals surface area contributed by atoms with Gasteiger partial charge in [0.1, 0.15) is 21.7 Å². The third kappa shape index (κ3) is 17.2. The zero-order valence-corrected chi connectivity index (χ0v) is 32.9. The van der Waals surface area contributed by atoms with E-state index in [0.717, 1.165) is 62.5 Å². The molecule has 1 aromatic heterocycles. The molecule has 15 nitrogen and oxygen atoms in total. The van der Waals surface area contributed by atoms with Crippen LogP contribution in [0, 0.1) is 0 Å². The third-order valence-corrected chi connectivity index (χ3v) is 11.3. The Morgan fingerprint density at radius 3 is 2.00 bits per heavy atom. The quantitative estimate of drug-likeness (QED) is 0.0669. The molecule has 274 valence electrons. The SMILES string of the molecule is CCCCCCCCOC(=O)CC(C(=O)OCCCCCCCC)S(=O)(=O)[O-].Cn1nc2c(c1S(=O)(=O)NCCF)S(=O)(=O)NCC2.[Na+]. The van der Waals surface area contributed by atoms with Gasteiger partial charge >= 0.3 is 41.5 Å². The van der Waals surface area contributed by atoms with E-state index in [0.29, 0.717) is 19.3 Å². The fourth-order valence-electron chi connectivity index (χ4n) is 4.62. The predicted octanol–water partition coefficient (Wildman–Crippen LogP) is -0.396. The summed E-state index contributed by atoms with van der Waals surface area (Å²) in [6.07, 6.45) is 11.5. The second-order valence-corrected chi connectivity index (χ2v) is 16.0. The largest absolute Gasteiger partial charge is 1.00 e. The van der Waals surface area contributed by atoms with E-state index >= 15 is 0 Å². The molecule has 2 N–H and O–H groups in total. The van der Waals surface area contributed by atoms with E-state index in [9.17, 15) is 43.8 Å². The molecule has 0 saturated heterocycles. The van der Waals surface area contributed by atoms with Gasteiger partial charge in [-0.3, -0.25) is 14.3 Å². The number of nitrogens with one attached hydrogen (secondary N) is 2. The van der Waals surface area contributed by atoms with Gasteiger partial charge in [-0.2, -0.15) is 5.10 Å². The van der Waals surface area contributed by atoms with Crippen LogP contribution in [0.2, 0.25) is 0 Å². The number of nitrogens with zero attached hydrogens (tertiary/aromatic N) is 2. The van der Waals surface area contributed by atoms with Crippen molar-refractivity contribution >= 4 is 42.1 Å². The van der Waals surface area contributed by atoms with Gasteiger partial charge in [0.15, 0.2) is 10.3 Å². The molecule has 0 saturated carbocycles. The molecule has 20 heteroatoms. The van der Waals surface area contributed by atoms with Crippen LogP contribution >= 0.6 is 0 Å². The van der Waals surface area contributed by atoms with E-state index in [4.69, 9.17) is 9.47 Å². The summed E-state index contributed by atoms with van der Waals surface area (Å²) in [5.41, 5.74) is 0.196. The minimum atomic E-state index is -4.98. The Morgan fingerprint density at radius 2 is 1.48 bits per heavy atom. The summed E-state index contributed by atoms with van der Waals surface area (Å²) in [7, 11) is -11.7. The average molecular weight is 757 g/mol. The molecule has 0 spiro atoms. The normalized spacial score (nSPS) is 14.5. The van der Waals surface area contributed by atoms with Crippen molar-refractivity contribution in [2.75, 3.05) is 33.0 Å². The van der Waals surface area contributed by atoms with E-state index in [1.807, 2.05) is 4.72 Å². The minimum Gasteiger partial charge on any atom is -0.747 e. The van der Waals surface area contributed by atoms with Crippen LogP contribution < -0.4 is 39.0 Å². The Morgan fingerprint density at radius 1 is 0.958 bits per heavy atom. The maximum atomic E-state index is 12.1. The number of rotatable bonds is 22. The van der Waals surface area contributed by atoms with Crippen LogP contribution in [-0.2, 0) is 62.7 Å². The number of alkyl halides is 1. The molecule has 2 rings (SSSR count). The molecule has 1 atom stereocenters.